The molecular weight excluding hydrogens is 288 g/mol. The molecule has 20 heavy (non-hydrogen) atoms. The van der Waals surface area contributed by atoms with Crippen LogP contribution in [0.2, 0.25) is 0 Å². The van der Waals surface area contributed by atoms with E-state index in [1.165, 1.54) is 19.2 Å². The highest BCUT2D eigenvalue weighted by atomic mass is 32.2. The van der Waals surface area contributed by atoms with Crippen LogP contribution in [0.5, 0.6) is 0 Å². The second-order valence-corrected chi connectivity index (χ2v) is 5.95. The summed E-state index contributed by atoms with van der Waals surface area (Å²) >= 11 is 0. The molecule has 1 atom stereocenters. The summed E-state index contributed by atoms with van der Waals surface area (Å²) in [5, 5.41) is 10.7. The molecule has 0 aliphatic rings. The van der Waals surface area contributed by atoms with Gasteiger partial charge in [0.1, 0.15) is 0 Å². The van der Waals surface area contributed by atoms with E-state index in [0.717, 1.165) is 0 Å². The summed E-state index contributed by atoms with van der Waals surface area (Å²) in [6.45, 7) is 1.65. The Morgan fingerprint density at radius 2 is 2.05 bits per heavy atom. The lowest BCUT2D eigenvalue weighted by Crippen LogP contribution is -2.32. The number of hydrogen-bond acceptors (Lipinski definition) is 5. The Morgan fingerprint density at radius 1 is 1.40 bits per heavy atom. The van der Waals surface area contributed by atoms with Gasteiger partial charge in [-0.15, -0.1) is 0 Å². The summed E-state index contributed by atoms with van der Waals surface area (Å²) < 4.78 is 29.9. The Morgan fingerprint density at radius 3 is 2.60 bits per heavy atom. The number of carboxylic acids is 1. The minimum absolute atomic E-state index is 0.0705. The minimum Gasteiger partial charge on any atom is -0.481 e. The summed E-state index contributed by atoms with van der Waals surface area (Å²) in [4.78, 5) is 22.2. The van der Waals surface area contributed by atoms with Gasteiger partial charge in [0.25, 0.3) is 15.9 Å². The van der Waals surface area contributed by atoms with Crippen molar-refractivity contribution in [2.45, 2.75) is 30.9 Å². The van der Waals surface area contributed by atoms with E-state index in [9.17, 15) is 18.0 Å². The average Bonchev–Trinajstić information content (AvgIpc) is 2.86. The van der Waals surface area contributed by atoms with Crippen LogP contribution in [0.4, 0.5) is 0 Å². The predicted octanol–water partition coefficient (Wildman–Crippen LogP) is 0.171. The van der Waals surface area contributed by atoms with Crippen LogP contribution in [0.15, 0.2) is 21.6 Å². The van der Waals surface area contributed by atoms with Crippen molar-refractivity contribution in [1.82, 2.24) is 10.0 Å². The first-order valence-electron chi connectivity index (χ1n) is 5.82. The number of nitrogens with one attached hydrogen (secondary N) is 2. The Hall–Kier alpha value is -1.87. The SMILES string of the molecule is CNS(=O)(=O)c1ccc(C(=O)NC(C)CCC(=O)O)o1. The highest BCUT2D eigenvalue weighted by Gasteiger charge is 2.20. The third kappa shape index (κ3) is 4.35. The maximum Gasteiger partial charge on any atom is 0.303 e. The molecule has 1 aromatic heterocycles. The molecule has 8 nitrogen and oxygen atoms in total. The van der Waals surface area contributed by atoms with Crippen LogP contribution in [0, 0.1) is 0 Å². The van der Waals surface area contributed by atoms with Crippen molar-refractivity contribution < 1.29 is 27.5 Å². The molecule has 0 fully saturated rings. The van der Waals surface area contributed by atoms with Gasteiger partial charge in [0, 0.05) is 12.5 Å². The number of carbonyl (C=O) groups is 2. The summed E-state index contributed by atoms with van der Waals surface area (Å²) in [6.07, 6.45) is 0.197. The summed E-state index contributed by atoms with van der Waals surface area (Å²) in [7, 11) is -2.51. The van der Waals surface area contributed by atoms with Crippen LogP contribution in [0.25, 0.3) is 0 Å². The summed E-state index contributed by atoms with van der Waals surface area (Å²) in [6, 6.07) is 2.04. The van der Waals surface area contributed by atoms with E-state index in [-0.39, 0.29) is 29.7 Å². The van der Waals surface area contributed by atoms with Crippen LogP contribution in [0.1, 0.15) is 30.3 Å². The first kappa shape index (κ1) is 16.2. The topological polar surface area (TPSA) is 126 Å². The lowest BCUT2D eigenvalue weighted by atomic mass is 10.2. The molecule has 0 aliphatic carbocycles. The van der Waals surface area contributed by atoms with Crippen molar-refractivity contribution in [3.05, 3.63) is 17.9 Å². The quantitative estimate of drug-likeness (QED) is 0.659. The highest BCUT2D eigenvalue weighted by molar-refractivity contribution is 7.89. The van der Waals surface area contributed by atoms with Gasteiger partial charge in [-0.25, -0.2) is 13.1 Å². The molecule has 1 unspecified atom stereocenters. The third-order valence-electron chi connectivity index (χ3n) is 2.51. The number of rotatable bonds is 7. The van der Waals surface area contributed by atoms with Crippen LogP contribution in [-0.4, -0.2) is 38.5 Å². The molecule has 0 saturated carbocycles. The van der Waals surface area contributed by atoms with Crippen molar-refractivity contribution in [3.8, 4) is 0 Å². The van der Waals surface area contributed by atoms with Gasteiger partial charge in [-0.1, -0.05) is 0 Å². The Labute approximate surface area is 116 Å². The molecule has 0 aliphatic heterocycles. The Balaban J connectivity index is 2.67. The van der Waals surface area contributed by atoms with E-state index in [0.29, 0.717) is 0 Å². The zero-order valence-corrected chi connectivity index (χ0v) is 11.9. The van der Waals surface area contributed by atoms with Crippen LogP contribution in [-0.2, 0) is 14.8 Å². The normalized spacial score (nSPS) is 12.9. The first-order valence-corrected chi connectivity index (χ1v) is 7.30. The number of amides is 1. The number of carbonyl (C=O) groups excluding carboxylic acids is 1. The largest absolute Gasteiger partial charge is 0.481 e. The van der Waals surface area contributed by atoms with E-state index in [1.54, 1.807) is 6.92 Å². The second-order valence-electron chi connectivity index (χ2n) is 4.13. The smallest absolute Gasteiger partial charge is 0.303 e. The lowest BCUT2D eigenvalue weighted by molar-refractivity contribution is -0.137. The molecule has 0 bridgehead atoms. The monoisotopic (exact) mass is 304 g/mol. The van der Waals surface area contributed by atoms with E-state index >= 15 is 0 Å². The number of furan rings is 1. The van der Waals surface area contributed by atoms with E-state index in [4.69, 9.17) is 9.52 Å². The Kier molecular flexibility index (Phi) is 5.28. The van der Waals surface area contributed by atoms with Crippen molar-refractivity contribution in [2.75, 3.05) is 7.05 Å². The van der Waals surface area contributed by atoms with Gasteiger partial charge in [0.2, 0.25) is 5.09 Å². The van der Waals surface area contributed by atoms with Crippen LogP contribution >= 0.6 is 0 Å². The van der Waals surface area contributed by atoms with Crippen molar-refractivity contribution in [3.63, 3.8) is 0 Å². The fraction of sp³-hybridized carbons (Fsp3) is 0.455. The first-order chi connectivity index (χ1) is 9.26. The molecule has 1 heterocycles. The molecule has 0 radical (unpaired) electrons. The maximum absolute atomic E-state index is 11.8. The number of sulfonamides is 1. The van der Waals surface area contributed by atoms with Gasteiger partial charge in [-0.2, -0.15) is 0 Å². The molecule has 0 saturated heterocycles. The van der Waals surface area contributed by atoms with Gasteiger partial charge >= 0.3 is 5.97 Å². The van der Waals surface area contributed by atoms with Crippen LogP contribution < -0.4 is 10.0 Å². The number of hydrogen-bond donors (Lipinski definition) is 3. The maximum atomic E-state index is 11.8. The second kappa shape index (κ2) is 6.53. The fourth-order valence-electron chi connectivity index (χ4n) is 1.39. The molecule has 3 N–H and O–H groups in total. The van der Waals surface area contributed by atoms with Crippen LogP contribution in [0.3, 0.4) is 0 Å². The van der Waals surface area contributed by atoms with E-state index < -0.39 is 21.9 Å². The molecule has 1 aromatic rings. The summed E-state index contributed by atoms with van der Waals surface area (Å²) in [5.74, 6) is -1.70. The zero-order valence-electron chi connectivity index (χ0n) is 11.0. The molecule has 1 amide bonds. The fourth-order valence-corrected chi connectivity index (χ4v) is 2.04. The van der Waals surface area contributed by atoms with Gasteiger partial charge in [0.15, 0.2) is 5.76 Å². The molecule has 1 rings (SSSR count). The molecule has 9 heteroatoms. The Bertz CT molecular complexity index is 592. The van der Waals surface area contributed by atoms with Crippen molar-refractivity contribution in [1.29, 1.82) is 0 Å². The van der Waals surface area contributed by atoms with Crippen molar-refractivity contribution >= 4 is 21.9 Å². The average molecular weight is 304 g/mol. The van der Waals surface area contributed by atoms with Gasteiger partial charge in [-0.3, -0.25) is 9.59 Å². The molecule has 0 spiro atoms. The van der Waals surface area contributed by atoms with E-state index in [2.05, 4.69) is 10.0 Å². The van der Waals surface area contributed by atoms with E-state index in [1.807, 2.05) is 0 Å². The minimum atomic E-state index is -3.74. The predicted molar refractivity (Wildman–Crippen MR) is 68.8 cm³/mol. The van der Waals surface area contributed by atoms with Gasteiger partial charge < -0.3 is 14.8 Å². The third-order valence-corrected chi connectivity index (χ3v) is 3.79. The lowest BCUT2D eigenvalue weighted by Gasteiger charge is -2.11. The highest BCUT2D eigenvalue weighted by Crippen LogP contribution is 2.13. The number of aliphatic carboxylic acids is 1. The van der Waals surface area contributed by atoms with Gasteiger partial charge in [0.05, 0.1) is 0 Å². The standard InChI is InChI=1S/C11H16N2O6S/c1-7(3-5-9(14)15)13-11(16)8-4-6-10(19-8)20(17,18)12-2/h4,6-7,12H,3,5H2,1-2H3,(H,13,16)(H,14,15). The molecule has 112 valence electrons. The summed E-state index contributed by atoms with van der Waals surface area (Å²) in [5.41, 5.74) is 0. The molecular formula is C11H16N2O6S. The van der Waals surface area contributed by atoms with Gasteiger partial charge in [-0.05, 0) is 32.5 Å². The molecule has 0 aromatic carbocycles. The zero-order chi connectivity index (χ0) is 15.3. The number of carboxylic acid groups (broad SMARTS) is 1. The van der Waals surface area contributed by atoms with Crippen molar-refractivity contribution in [2.24, 2.45) is 0 Å².